The van der Waals surface area contributed by atoms with E-state index >= 15 is 0 Å². The Morgan fingerprint density at radius 1 is 1.19 bits per heavy atom. The summed E-state index contributed by atoms with van der Waals surface area (Å²) in [6.45, 7) is 1.94. The van der Waals surface area contributed by atoms with Crippen molar-refractivity contribution in [1.82, 2.24) is 15.1 Å². The van der Waals surface area contributed by atoms with E-state index in [1.807, 2.05) is 4.90 Å². The highest BCUT2D eigenvalue weighted by Gasteiger charge is 2.43. The fraction of sp³-hybridized carbons (Fsp3) is 0.556. The molecule has 0 radical (unpaired) electrons. The van der Waals surface area contributed by atoms with Gasteiger partial charge in [-0.2, -0.15) is 0 Å². The number of carbonyl (C=O) groups excluding carboxylic acids is 2. The molecule has 1 unspecified atom stereocenters. The first kappa shape index (κ1) is 18.7. The van der Waals surface area contributed by atoms with Gasteiger partial charge in [-0.1, -0.05) is 12.1 Å². The number of benzene rings is 1. The fourth-order valence-electron chi connectivity index (χ4n) is 3.58. The molecule has 2 N–H and O–H groups in total. The maximum atomic E-state index is 13.9. The van der Waals surface area contributed by atoms with Crippen LogP contribution in [0.1, 0.15) is 24.8 Å². The summed E-state index contributed by atoms with van der Waals surface area (Å²) in [5.74, 6) is -2.44. The number of piperidine rings is 1. The molecule has 8 heteroatoms. The lowest BCUT2D eigenvalue weighted by molar-refractivity contribution is -0.160. The van der Waals surface area contributed by atoms with Crippen molar-refractivity contribution < 1.29 is 23.5 Å². The highest BCUT2D eigenvalue weighted by molar-refractivity contribution is 5.86. The summed E-state index contributed by atoms with van der Waals surface area (Å²) in [6, 6.07) is 3.86. The number of β-amino-alcohol motifs (C(OH)–C–C–N with tert-alkyl or cyclic N) is 1. The van der Waals surface area contributed by atoms with Crippen molar-refractivity contribution in [3.05, 3.63) is 35.4 Å². The second-order valence-corrected chi connectivity index (χ2v) is 6.95. The van der Waals surface area contributed by atoms with Crippen LogP contribution in [0.3, 0.4) is 0 Å². The van der Waals surface area contributed by atoms with Crippen LogP contribution in [0.15, 0.2) is 18.2 Å². The third kappa shape index (κ3) is 4.02. The highest BCUT2D eigenvalue weighted by Crippen LogP contribution is 2.26. The van der Waals surface area contributed by atoms with Crippen LogP contribution in [0.2, 0.25) is 0 Å². The van der Waals surface area contributed by atoms with E-state index in [9.17, 15) is 23.5 Å². The fourth-order valence-corrected chi connectivity index (χ4v) is 3.58. The van der Waals surface area contributed by atoms with Crippen LogP contribution >= 0.6 is 0 Å². The molecule has 142 valence electrons. The lowest BCUT2D eigenvalue weighted by atomic mass is 9.90. The molecule has 0 saturated carbocycles. The first-order valence-corrected chi connectivity index (χ1v) is 8.83. The van der Waals surface area contributed by atoms with E-state index in [4.69, 9.17) is 0 Å². The second kappa shape index (κ2) is 7.67. The molecule has 1 aromatic carbocycles. The Morgan fingerprint density at radius 3 is 2.81 bits per heavy atom. The summed E-state index contributed by atoms with van der Waals surface area (Å²) in [7, 11) is 0. The van der Waals surface area contributed by atoms with Crippen molar-refractivity contribution in [3.63, 3.8) is 0 Å². The van der Waals surface area contributed by atoms with Gasteiger partial charge in [0.25, 0.3) is 5.91 Å². The second-order valence-electron chi connectivity index (χ2n) is 6.95. The lowest BCUT2D eigenvalue weighted by Crippen LogP contribution is -2.58. The van der Waals surface area contributed by atoms with Gasteiger partial charge in [0.1, 0.15) is 0 Å². The van der Waals surface area contributed by atoms with Gasteiger partial charge in [0, 0.05) is 51.3 Å². The average molecular weight is 367 g/mol. The highest BCUT2D eigenvalue weighted by atomic mass is 19.2. The van der Waals surface area contributed by atoms with Crippen molar-refractivity contribution in [2.24, 2.45) is 0 Å². The summed E-state index contributed by atoms with van der Waals surface area (Å²) in [5, 5.41) is 13.7. The average Bonchev–Trinajstić information content (AvgIpc) is 2.80. The Morgan fingerprint density at radius 2 is 2.00 bits per heavy atom. The van der Waals surface area contributed by atoms with E-state index in [0.29, 0.717) is 45.4 Å². The Kier molecular flexibility index (Phi) is 5.52. The van der Waals surface area contributed by atoms with Gasteiger partial charge in [0.2, 0.25) is 5.91 Å². The first-order chi connectivity index (χ1) is 12.4. The lowest BCUT2D eigenvalue weighted by Gasteiger charge is -2.40. The third-order valence-electron chi connectivity index (χ3n) is 4.99. The SMILES string of the molecule is O=C1CCN(CC2(O)CCCN(Cc3cccc(F)c3F)C2=O)CCN1. The topological polar surface area (TPSA) is 72.9 Å². The van der Waals surface area contributed by atoms with Crippen molar-refractivity contribution in [2.75, 3.05) is 32.7 Å². The predicted molar refractivity (Wildman–Crippen MR) is 90.0 cm³/mol. The number of aliphatic hydroxyl groups is 1. The molecule has 3 rings (SSSR count). The van der Waals surface area contributed by atoms with Crippen LogP contribution in [0.25, 0.3) is 0 Å². The van der Waals surface area contributed by atoms with Crippen LogP contribution in [0, 0.1) is 11.6 Å². The van der Waals surface area contributed by atoms with Gasteiger partial charge in [0.15, 0.2) is 17.2 Å². The molecule has 2 amide bonds. The first-order valence-electron chi connectivity index (χ1n) is 8.83. The minimum Gasteiger partial charge on any atom is -0.379 e. The van der Waals surface area contributed by atoms with Crippen LogP contribution < -0.4 is 5.32 Å². The van der Waals surface area contributed by atoms with Crippen molar-refractivity contribution >= 4 is 11.8 Å². The van der Waals surface area contributed by atoms with E-state index in [-0.39, 0.29) is 24.6 Å². The van der Waals surface area contributed by atoms with Gasteiger partial charge in [-0.3, -0.25) is 14.5 Å². The number of carbonyl (C=O) groups is 2. The van der Waals surface area contributed by atoms with Crippen LogP contribution in [-0.2, 0) is 16.1 Å². The summed E-state index contributed by atoms with van der Waals surface area (Å²) >= 11 is 0. The largest absolute Gasteiger partial charge is 0.379 e. The number of amides is 2. The summed E-state index contributed by atoms with van der Waals surface area (Å²) < 4.78 is 27.3. The monoisotopic (exact) mass is 367 g/mol. The molecule has 6 nitrogen and oxygen atoms in total. The van der Waals surface area contributed by atoms with Crippen LogP contribution in [0.4, 0.5) is 8.78 Å². The van der Waals surface area contributed by atoms with Crippen LogP contribution in [0.5, 0.6) is 0 Å². The number of nitrogens with one attached hydrogen (secondary N) is 1. The van der Waals surface area contributed by atoms with Gasteiger partial charge < -0.3 is 15.3 Å². The van der Waals surface area contributed by atoms with E-state index < -0.39 is 23.1 Å². The molecular weight excluding hydrogens is 344 g/mol. The minimum atomic E-state index is -1.57. The van der Waals surface area contributed by atoms with E-state index in [0.717, 1.165) is 6.07 Å². The van der Waals surface area contributed by atoms with Crippen LogP contribution in [-0.4, -0.2) is 65.0 Å². The molecule has 0 spiro atoms. The Hall–Kier alpha value is -2.06. The van der Waals surface area contributed by atoms with E-state index in [1.165, 1.54) is 17.0 Å². The molecular formula is C18H23F2N3O3. The van der Waals surface area contributed by atoms with Gasteiger partial charge >= 0.3 is 0 Å². The molecule has 2 fully saturated rings. The molecule has 2 heterocycles. The maximum Gasteiger partial charge on any atom is 0.256 e. The predicted octanol–water partition coefficient (Wildman–Crippen LogP) is 0.640. The number of rotatable bonds is 4. The molecule has 0 aliphatic carbocycles. The molecule has 2 saturated heterocycles. The zero-order valence-electron chi connectivity index (χ0n) is 14.5. The minimum absolute atomic E-state index is 0.0438. The Balaban J connectivity index is 1.70. The Bertz CT molecular complexity index is 700. The summed E-state index contributed by atoms with van der Waals surface area (Å²) in [4.78, 5) is 27.5. The molecule has 0 aromatic heterocycles. The van der Waals surface area contributed by atoms with Crippen molar-refractivity contribution in [1.29, 1.82) is 0 Å². The quantitative estimate of drug-likeness (QED) is 0.819. The summed E-state index contributed by atoms with van der Waals surface area (Å²) in [5.41, 5.74) is -1.48. The number of hydrogen-bond donors (Lipinski definition) is 2. The number of hydrogen-bond acceptors (Lipinski definition) is 4. The molecule has 2 aliphatic rings. The van der Waals surface area contributed by atoms with Gasteiger partial charge in [0.05, 0.1) is 0 Å². The van der Waals surface area contributed by atoms with Gasteiger partial charge in [-0.25, -0.2) is 8.78 Å². The molecule has 0 bridgehead atoms. The van der Waals surface area contributed by atoms with Gasteiger partial charge in [-0.15, -0.1) is 0 Å². The molecule has 26 heavy (non-hydrogen) atoms. The molecule has 1 aromatic rings. The molecule has 2 aliphatic heterocycles. The van der Waals surface area contributed by atoms with E-state index in [2.05, 4.69) is 5.32 Å². The summed E-state index contributed by atoms with van der Waals surface area (Å²) in [6.07, 6.45) is 1.21. The van der Waals surface area contributed by atoms with Crippen molar-refractivity contribution in [2.45, 2.75) is 31.4 Å². The smallest absolute Gasteiger partial charge is 0.256 e. The Labute approximate surface area is 150 Å². The number of nitrogens with zero attached hydrogens (tertiary/aromatic N) is 2. The number of halogens is 2. The zero-order chi connectivity index (χ0) is 18.7. The third-order valence-corrected chi connectivity index (χ3v) is 4.99. The zero-order valence-corrected chi connectivity index (χ0v) is 14.5. The standard InChI is InChI=1S/C18H23F2N3O3/c19-14-4-1-3-13(16(14)20)11-23-8-2-6-18(26,17(23)25)12-22-9-5-15(24)21-7-10-22/h1,3-4,26H,2,5-12H2,(H,21,24). The van der Waals surface area contributed by atoms with Gasteiger partial charge in [-0.05, 0) is 18.9 Å². The molecule has 1 atom stereocenters. The normalized spacial score (nSPS) is 25.1. The maximum absolute atomic E-state index is 13.9. The van der Waals surface area contributed by atoms with Crippen molar-refractivity contribution in [3.8, 4) is 0 Å². The number of likely N-dealkylation sites (tertiary alicyclic amines) is 1. The van der Waals surface area contributed by atoms with E-state index in [1.54, 1.807) is 0 Å².